The summed E-state index contributed by atoms with van der Waals surface area (Å²) in [6, 6.07) is 0. The van der Waals surface area contributed by atoms with Gasteiger partial charge in [0.25, 0.3) is 0 Å². The van der Waals surface area contributed by atoms with Crippen LogP contribution < -0.4 is 5.32 Å². The molecule has 1 aliphatic rings. The number of hydrogen-bond donors (Lipinski definition) is 1. The van der Waals surface area contributed by atoms with Crippen molar-refractivity contribution in [3.8, 4) is 0 Å². The smallest absolute Gasteiger partial charge is 0.107 e. The number of thiazole rings is 1. The highest BCUT2D eigenvalue weighted by atomic mass is 32.1. The predicted octanol–water partition coefficient (Wildman–Crippen LogP) is 3.84. The quantitative estimate of drug-likeness (QED) is 0.866. The van der Waals surface area contributed by atoms with Crippen LogP contribution in [0.25, 0.3) is 0 Å². The summed E-state index contributed by atoms with van der Waals surface area (Å²) < 4.78 is 6.23. The molecule has 1 saturated carbocycles. The summed E-state index contributed by atoms with van der Waals surface area (Å²) in [5.41, 5.74) is 1.08. The average molecular weight is 296 g/mol. The first kappa shape index (κ1) is 15.9. The normalized spacial score (nSPS) is 27.1. The van der Waals surface area contributed by atoms with Gasteiger partial charge in [-0.1, -0.05) is 27.2 Å². The molecule has 0 amide bonds. The van der Waals surface area contributed by atoms with Crippen molar-refractivity contribution in [1.82, 2.24) is 10.3 Å². The molecule has 4 heteroatoms. The van der Waals surface area contributed by atoms with E-state index in [4.69, 9.17) is 4.74 Å². The van der Waals surface area contributed by atoms with Crippen molar-refractivity contribution in [3.05, 3.63) is 16.1 Å². The fraction of sp³-hybridized carbons (Fsp3) is 0.812. The number of hydrogen-bond acceptors (Lipinski definition) is 4. The van der Waals surface area contributed by atoms with Crippen LogP contribution in [0, 0.1) is 17.8 Å². The second-order valence-electron chi connectivity index (χ2n) is 6.44. The van der Waals surface area contributed by atoms with Gasteiger partial charge in [-0.3, -0.25) is 0 Å². The Hall–Kier alpha value is -0.450. The highest BCUT2D eigenvalue weighted by molar-refractivity contribution is 7.09. The summed E-state index contributed by atoms with van der Waals surface area (Å²) in [6.07, 6.45) is 4.28. The van der Waals surface area contributed by atoms with Crippen molar-refractivity contribution in [2.24, 2.45) is 17.8 Å². The summed E-state index contributed by atoms with van der Waals surface area (Å²) >= 11 is 1.71. The molecule has 1 aliphatic carbocycles. The standard InChI is InChI=1S/C16H28N2OS/c1-11(2)14-6-5-12(3)7-15(14)19-9-13-10-20-16(18-13)8-17-4/h10-12,14-15,17H,5-9H2,1-4H3. The first-order valence-corrected chi connectivity index (χ1v) is 8.67. The Bertz CT molecular complexity index is 405. The van der Waals surface area contributed by atoms with Crippen molar-refractivity contribution < 1.29 is 4.74 Å². The molecule has 0 saturated heterocycles. The van der Waals surface area contributed by atoms with E-state index in [1.165, 1.54) is 19.3 Å². The van der Waals surface area contributed by atoms with Crippen LogP contribution in [-0.4, -0.2) is 18.1 Å². The zero-order valence-corrected chi connectivity index (χ0v) is 14.0. The molecule has 1 fully saturated rings. The largest absolute Gasteiger partial charge is 0.372 e. The third-order valence-electron chi connectivity index (χ3n) is 4.33. The van der Waals surface area contributed by atoms with E-state index in [-0.39, 0.29) is 0 Å². The lowest BCUT2D eigenvalue weighted by atomic mass is 9.75. The van der Waals surface area contributed by atoms with Gasteiger partial charge in [0.1, 0.15) is 5.01 Å². The number of ether oxygens (including phenoxy) is 1. The summed E-state index contributed by atoms with van der Waals surface area (Å²) in [7, 11) is 1.95. The maximum absolute atomic E-state index is 6.23. The molecule has 3 atom stereocenters. The number of rotatable bonds is 6. The minimum absolute atomic E-state index is 0.410. The van der Waals surface area contributed by atoms with Gasteiger partial charge < -0.3 is 10.1 Å². The zero-order chi connectivity index (χ0) is 14.5. The van der Waals surface area contributed by atoms with Gasteiger partial charge in [-0.15, -0.1) is 11.3 Å². The Morgan fingerprint density at radius 3 is 2.95 bits per heavy atom. The molecule has 1 N–H and O–H groups in total. The molecule has 20 heavy (non-hydrogen) atoms. The molecule has 1 aromatic rings. The molecule has 3 unspecified atom stereocenters. The molecule has 0 aromatic carbocycles. The lowest BCUT2D eigenvalue weighted by Crippen LogP contribution is -2.34. The molecule has 1 aromatic heterocycles. The maximum Gasteiger partial charge on any atom is 0.107 e. The Kier molecular flexibility index (Phi) is 6.00. The summed E-state index contributed by atoms with van der Waals surface area (Å²) in [4.78, 5) is 4.60. The molecule has 0 spiro atoms. The Balaban J connectivity index is 1.89. The fourth-order valence-electron chi connectivity index (χ4n) is 3.15. The van der Waals surface area contributed by atoms with Gasteiger partial charge in [-0.05, 0) is 37.6 Å². The molecule has 0 bridgehead atoms. The van der Waals surface area contributed by atoms with Crippen molar-refractivity contribution >= 4 is 11.3 Å². The summed E-state index contributed by atoms with van der Waals surface area (Å²) in [5.74, 6) is 2.22. The topological polar surface area (TPSA) is 34.2 Å². The minimum Gasteiger partial charge on any atom is -0.372 e. The lowest BCUT2D eigenvalue weighted by molar-refractivity contribution is -0.0482. The van der Waals surface area contributed by atoms with Gasteiger partial charge in [0.15, 0.2) is 0 Å². The SMILES string of the molecule is CNCc1nc(COC2CC(C)CCC2C(C)C)cs1. The van der Waals surface area contributed by atoms with Crippen molar-refractivity contribution in [3.63, 3.8) is 0 Å². The molecule has 0 radical (unpaired) electrons. The third kappa shape index (κ3) is 4.27. The average Bonchev–Trinajstić information content (AvgIpc) is 2.84. The fourth-order valence-corrected chi connectivity index (χ4v) is 3.94. The lowest BCUT2D eigenvalue weighted by Gasteiger charge is -2.37. The second-order valence-corrected chi connectivity index (χ2v) is 7.38. The van der Waals surface area contributed by atoms with Crippen LogP contribution >= 0.6 is 11.3 Å². The Morgan fingerprint density at radius 2 is 2.25 bits per heavy atom. The molecule has 0 aliphatic heterocycles. The van der Waals surface area contributed by atoms with Crippen LogP contribution in [0.15, 0.2) is 5.38 Å². The third-order valence-corrected chi connectivity index (χ3v) is 5.23. The number of nitrogens with zero attached hydrogens (tertiary/aromatic N) is 1. The highest BCUT2D eigenvalue weighted by Crippen LogP contribution is 2.35. The second kappa shape index (κ2) is 7.53. The van der Waals surface area contributed by atoms with Crippen molar-refractivity contribution in [1.29, 1.82) is 0 Å². The van der Waals surface area contributed by atoms with Crippen LogP contribution in [0.2, 0.25) is 0 Å². The minimum atomic E-state index is 0.410. The van der Waals surface area contributed by atoms with E-state index >= 15 is 0 Å². The maximum atomic E-state index is 6.23. The molecule has 3 nitrogen and oxygen atoms in total. The zero-order valence-electron chi connectivity index (χ0n) is 13.2. The van der Waals surface area contributed by atoms with Gasteiger partial charge in [-0.25, -0.2) is 4.98 Å². The van der Waals surface area contributed by atoms with Crippen molar-refractivity contribution in [2.75, 3.05) is 7.05 Å². The van der Waals surface area contributed by atoms with Crippen LogP contribution in [0.5, 0.6) is 0 Å². The van der Waals surface area contributed by atoms with E-state index in [1.807, 2.05) is 7.05 Å². The molecular formula is C16H28N2OS. The van der Waals surface area contributed by atoms with E-state index in [0.717, 1.165) is 23.2 Å². The predicted molar refractivity (Wildman–Crippen MR) is 84.8 cm³/mol. The van der Waals surface area contributed by atoms with E-state index in [0.29, 0.717) is 24.5 Å². The monoisotopic (exact) mass is 296 g/mol. The van der Waals surface area contributed by atoms with E-state index in [2.05, 4.69) is 36.5 Å². The first-order chi connectivity index (χ1) is 9.60. The first-order valence-electron chi connectivity index (χ1n) is 7.79. The van der Waals surface area contributed by atoms with E-state index < -0.39 is 0 Å². The molecule has 114 valence electrons. The number of aromatic nitrogens is 1. The van der Waals surface area contributed by atoms with Crippen LogP contribution in [0.1, 0.15) is 50.7 Å². The highest BCUT2D eigenvalue weighted by Gasteiger charge is 2.31. The Labute approximate surface area is 127 Å². The van der Waals surface area contributed by atoms with Gasteiger partial charge in [-0.2, -0.15) is 0 Å². The van der Waals surface area contributed by atoms with Crippen LogP contribution in [0.3, 0.4) is 0 Å². The Morgan fingerprint density at radius 1 is 1.45 bits per heavy atom. The van der Waals surface area contributed by atoms with Gasteiger partial charge >= 0.3 is 0 Å². The van der Waals surface area contributed by atoms with Crippen LogP contribution in [-0.2, 0) is 17.9 Å². The van der Waals surface area contributed by atoms with Gasteiger partial charge in [0.2, 0.25) is 0 Å². The summed E-state index contributed by atoms with van der Waals surface area (Å²) in [5, 5.41) is 6.41. The van der Waals surface area contributed by atoms with Crippen molar-refractivity contribution in [2.45, 2.75) is 59.3 Å². The molecule has 1 heterocycles. The summed E-state index contributed by atoms with van der Waals surface area (Å²) in [6.45, 7) is 8.51. The number of nitrogens with one attached hydrogen (secondary N) is 1. The van der Waals surface area contributed by atoms with Gasteiger partial charge in [0.05, 0.1) is 18.4 Å². The van der Waals surface area contributed by atoms with Crippen LogP contribution in [0.4, 0.5) is 0 Å². The molecular weight excluding hydrogens is 268 g/mol. The van der Waals surface area contributed by atoms with E-state index in [1.54, 1.807) is 11.3 Å². The molecule has 2 rings (SSSR count). The van der Waals surface area contributed by atoms with E-state index in [9.17, 15) is 0 Å². The van der Waals surface area contributed by atoms with Gasteiger partial charge in [0, 0.05) is 11.9 Å².